The van der Waals surface area contributed by atoms with E-state index in [2.05, 4.69) is 34.1 Å². The first-order valence-electron chi connectivity index (χ1n) is 12.6. The molecule has 3 fully saturated rings. The molecule has 1 atom stereocenters. The lowest BCUT2D eigenvalue weighted by Crippen LogP contribution is -2.42. The Bertz CT molecular complexity index is 1250. The topological polar surface area (TPSA) is 70.5 Å². The van der Waals surface area contributed by atoms with Crippen molar-refractivity contribution in [3.8, 4) is 11.1 Å². The summed E-state index contributed by atoms with van der Waals surface area (Å²) in [6.45, 7) is 1.85. The molecule has 1 saturated heterocycles. The van der Waals surface area contributed by atoms with Gasteiger partial charge in [0.25, 0.3) is 0 Å². The molecular formula is C29H30N2O3. The monoisotopic (exact) mass is 454 g/mol. The zero-order chi connectivity index (χ0) is 23.3. The number of carboxylic acids is 1. The number of benzene rings is 2. The second kappa shape index (κ2) is 8.23. The minimum atomic E-state index is -0.934. The van der Waals surface area contributed by atoms with E-state index in [9.17, 15) is 14.7 Å². The fraction of sp³-hybridized carbons (Fsp3) is 0.414. The van der Waals surface area contributed by atoms with Crippen LogP contribution in [0.5, 0.6) is 0 Å². The first-order valence-corrected chi connectivity index (χ1v) is 12.6. The minimum absolute atomic E-state index is 0.280. The maximum atomic E-state index is 12.8. The van der Waals surface area contributed by atoms with Gasteiger partial charge >= 0.3 is 5.97 Å². The Morgan fingerprint density at radius 2 is 1.65 bits per heavy atom. The highest BCUT2D eigenvalue weighted by Gasteiger charge is 2.55. The number of amides is 1. The molecule has 1 aromatic heterocycles. The molecule has 2 aliphatic carbocycles. The number of nitrogens with zero attached hydrogens (tertiary/aromatic N) is 2. The number of carbonyl (C=O) groups is 2. The van der Waals surface area contributed by atoms with Gasteiger partial charge in [-0.05, 0) is 72.3 Å². The number of likely N-dealkylation sites (tertiary alicyclic amines) is 1. The van der Waals surface area contributed by atoms with E-state index in [1.807, 2.05) is 18.2 Å². The lowest BCUT2D eigenvalue weighted by Gasteiger charge is -2.34. The normalized spacial score (nSPS) is 21.8. The number of hydrogen-bond acceptors (Lipinski definition) is 3. The Labute approximate surface area is 199 Å². The third kappa shape index (κ3) is 3.67. The molecule has 2 aromatic carbocycles. The molecule has 2 saturated carbocycles. The van der Waals surface area contributed by atoms with Gasteiger partial charge in [0.1, 0.15) is 0 Å². The molecule has 0 radical (unpaired) electrons. The van der Waals surface area contributed by atoms with Crippen LogP contribution < -0.4 is 0 Å². The summed E-state index contributed by atoms with van der Waals surface area (Å²) < 4.78 is 0. The number of carboxylic acid groups (broad SMARTS) is 1. The van der Waals surface area contributed by atoms with Gasteiger partial charge in [0.15, 0.2) is 0 Å². The van der Waals surface area contributed by atoms with Gasteiger partial charge in [-0.1, -0.05) is 49.2 Å². The number of fused-ring (bicyclic) bond motifs is 1. The Morgan fingerprint density at radius 1 is 0.941 bits per heavy atom. The molecule has 6 rings (SSSR count). The predicted octanol–water partition coefficient (Wildman–Crippen LogP) is 5.89. The van der Waals surface area contributed by atoms with Crippen molar-refractivity contribution < 1.29 is 14.7 Å². The molecule has 0 bridgehead atoms. The van der Waals surface area contributed by atoms with Crippen LogP contribution in [0.25, 0.3) is 22.0 Å². The second-order valence-corrected chi connectivity index (χ2v) is 10.4. The average Bonchev–Trinajstić information content (AvgIpc) is 3.28. The van der Waals surface area contributed by atoms with E-state index < -0.39 is 5.97 Å². The quantitative estimate of drug-likeness (QED) is 0.534. The van der Waals surface area contributed by atoms with Gasteiger partial charge in [0.2, 0.25) is 5.91 Å². The van der Waals surface area contributed by atoms with E-state index in [1.165, 1.54) is 24.8 Å². The Kier molecular flexibility index (Phi) is 5.16. The summed E-state index contributed by atoms with van der Waals surface area (Å²) in [7, 11) is 0. The summed E-state index contributed by atoms with van der Waals surface area (Å²) in [5, 5.41) is 10.1. The van der Waals surface area contributed by atoms with Gasteiger partial charge in [-0.3, -0.25) is 9.78 Å². The van der Waals surface area contributed by atoms with Crippen molar-refractivity contribution in [3.05, 3.63) is 65.9 Å². The fourth-order valence-electron chi connectivity index (χ4n) is 6.40. The number of carbonyl (C=O) groups excluding carboxylic acids is 1. The van der Waals surface area contributed by atoms with Crippen LogP contribution >= 0.6 is 0 Å². The zero-order valence-corrected chi connectivity index (χ0v) is 19.4. The molecule has 3 aliphatic rings. The van der Waals surface area contributed by atoms with Crippen molar-refractivity contribution in [2.45, 2.75) is 50.9 Å². The van der Waals surface area contributed by atoms with Gasteiger partial charge in [-0.15, -0.1) is 0 Å². The molecular weight excluding hydrogens is 424 g/mol. The summed E-state index contributed by atoms with van der Waals surface area (Å²) in [5.74, 6) is 0.366. The highest BCUT2D eigenvalue weighted by atomic mass is 16.4. The third-order valence-electron chi connectivity index (χ3n) is 8.58. The molecule has 1 spiro atoms. The van der Waals surface area contributed by atoms with E-state index in [-0.39, 0.29) is 11.5 Å². The van der Waals surface area contributed by atoms with Crippen LogP contribution in [0.3, 0.4) is 0 Å². The maximum Gasteiger partial charge on any atom is 0.336 e. The first kappa shape index (κ1) is 21.3. The number of hydrogen-bond donors (Lipinski definition) is 1. The van der Waals surface area contributed by atoms with E-state index >= 15 is 0 Å². The Balaban J connectivity index is 1.14. The highest BCUT2D eigenvalue weighted by molar-refractivity contribution is 6.03. The van der Waals surface area contributed by atoms with E-state index in [1.54, 1.807) is 12.3 Å². The van der Waals surface area contributed by atoms with E-state index in [0.29, 0.717) is 28.1 Å². The van der Waals surface area contributed by atoms with Gasteiger partial charge in [0, 0.05) is 30.6 Å². The highest BCUT2D eigenvalue weighted by Crippen LogP contribution is 2.65. The molecule has 0 unspecified atom stereocenters. The third-order valence-corrected chi connectivity index (χ3v) is 8.58. The molecule has 2 heterocycles. The SMILES string of the molecule is O=C(O)c1ccnc2cc(-c3ccc([C@@H]4CC45CCN(C(=O)C4CCCC4)CC5)cc3)ccc12. The van der Waals surface area contributed by atoms with Gasteiger partial charge < -0.3 is 10.0 Å². The van der Waals surface area contributed by atoms with Crippen LogP contribution in [0.1, 0.15) is 66.8 Å². The molecule has 5 nitrogen and oxygen atoms in total. The molecule has 3 aromatic rings. The van der Waals surface area contributed by atoms with Crippen LogP contribution in [0.4, 0.5) is 0 Å². The Morgan fingerprint density at radius 3 is 2.35 bits per heavy atom. The fourth-order valence-corrected chi connectivity index (χ4v) is 6.40. The number of rotatable bonds is 4. The maximum absolute atomic E-state index is 12.8. The molecule has 34 heavy (non-hydrogen) atoms. The van der Waals surface area contributed by atoms with E-state index in [0.717, 1.165) is 49.9 Å². The van der Waals surface area contributed by atoms with Crippen LogP contribution in [0.15, 0.2) is 54.7 Å². The van der Waals surface area contributed by atoms with Crippen molar-refractivity contribution in [3.63, 3.8) is 0 Å². The summed E-state index contributed by atoms with van der Waals surface area (Å²) in [6, 6.07) is 16.2. The summed E-state index contributed by atoms with van der Waals surface area (Å²) >= 11 is 0. The number of aromatic carboxylic acids is 1. The second-order valence-electron chi connectivity index (χ2n) is 10.4. The van der Waals surface area contributed by atoms with Crippen molar-refractivity contribution in [2.24, 2.45) is 11.3 Å². The smallest absolute Gasteiger partial charge is 0.336 e. The molecule has 5 heteroatoms. The minimum Gasteiger partial charge on any atom is -0.478 e. The summed E-state index contributed by atoms with van der Waals surface area (Å²) in [5.41, 5.74) is 4.90. The standard InChI is InChI=1S/C29H30N2O3/c32-27(21-3-1-2-4-21)31-15-12-29(13-16-31)18-25(29)20-7-5-19(6-8-20)22-9-10-23-24(28(33)34)11-14-30-26(23)17-22/h5-11,14,17,21,25H,1-4,12-13,15-16,18H2,(H,33,34)/t25-/m0/s1. The summed E-state index contributed by atoms with van der Waals surface area (Å²) in [6.07, 6.45) is 9.64. The molecule has 1 amide bonds. The lowest BCUT2D eigenvalue weighted by molar-refractivity contribution is -0.137. The molecule has 174 valence electrons. The van der Waals surface area contributed by atoms with E-state index in [4.69, 9.17) is 0 Å². The van der Waals surface area contributed by atoms with Crippen molar-refractivity contribution >= 4 is 22.8 Å². The summed E-state index contributed by atoms with van der Waals surface area (Å²) in [4.78, 5) is 30.8. The predicted molar refractivity (Wildman–Crippen MR) is 132 cm³/mol. The Hall–Kier alpha value is -3.21. The number of pyridine rings is 1. The molecule has 1 N–H and O–H groups in total. The lowest BCUT2D eigenvalue weighted by atomic mass is 9.87. The van der Waals surface area contributed by atoms with Gasteiger partial charge in [-0.25, -0.2) is 4.79 Å². The van der Waals surface area contributed by atoms with Gasteiger partial charge in [-0.2, -0.15) is 0 Å². The largest absolute Gasteiger partial charge is 0.478 e. The average molecular weight is 455 g/mol. The number of piperidine rings is 1. The van der Waals surface area contributed by atoms with Crippen LogP contribution in [0, 0.1) is 11.3 Å². The first-order chi connectivity index (χ1) is 16.5. The number of aromatic nitrogens is 1. The van der Waals surface area contributed by atoms with Gasteiger partial charge in [0.05, 0.1) is 11.1 Å². The van der Waals surface area contributed by atoms with Crippen LogP contribution in [-0.2, 0) is 4.79 Å². The van der Waals surface area contributed by atoms with Crippen LogP contribution in [0.2, 0.25) is 0 Å². The van der Waals surface area contributed by atoms with Crippen molar-refractivity contribution in [1.29, 1.82) is 0 Å². The van der Waals surface area contributed by atoms with Crippen molar-refractivity contribution in [2.75, 3.05) is 13.1 Å². The zero-order valence-electron chi connectivity index (χ0n) is 19.4. The molecule has 1 aliphatic heterocycles. The van der Waals surface area contributed by atoms with Crippen LogP contribution in [-0.4, -0.2) is 40.0 Å². The van der Waals surface area contributed by atoms with Crippen molar-refractivity contribution in [1.82, 2.24) is 9.88 Å².